The van der Waals surface area contributed by atoms with Crippen LogP contribution in [0.25, 0.3) is 0 Å². The zero-order valence-electron chi connectivity index (χ0n) is 32.0. The number of rotatable bonds is 8. The zero-order chi connectivity index (χ0) is 39.2. The van der Waals surface area contributed by atoms with Gasteiger partial charge in [-0.1, -0.05) is 42.5 Å². The van der Waals surface area contributed by atoms with E-state index in [2.05, 4.69) is 38.2 Å². The Labute approximate surface area is 331 Å². The maximum absolute atomic E-state index is 16.1. The maximum atomic E-state index is 16.1. The average Bonchev–Trinajstić information content (AvgIpc) is 3.48. The van der Waals surface area contributed by atoms with Crippen LogP contribution in [-0.4, -0.2) is 99.0 Å². The number of amides is 4. The van der Waals surface area contributed by atoms with Gasteiger partial charge in [0.2, 0.25) is 11.8 Å². The van der Waals surface area contributed by atoms with Gasteiger partial charge in [0.1, 0.15) is 23.4 Å². The molecule has 5 aliphatic rings. The van der Waals surface area contributed by atoms with Gasteiger partial charge in [0.05, 0.1) is 30.5 Å². The molecule has 294 valence electrons. The third-order valence-electron chi connectivity index (χ3n) is 12.6. The number of nitrogens with one attached hydrogen (secondary N) is 1. The number of benzene rings is 4. The fourth-order valence-corrected chi connectivity index (χ4v) is 9.46. The number of halogens is 1. The van der Waals surface area contributed by atoms with Crippen LogP contribution in [0.2, 0.25) is 0 Å². The fourth-order valence-electron chi connectivity index (χ4n) is 9.46. The summed E-state index contributed by atoms with van der Waals surface area (Å²) in [6, 6.07) is 26.3. The highest BCUT2D eigenvalue weighted by atomic mass is 19.1. The summed E-state index contributed by atoms with van der Waals surface area (Å²) in [5.74, 6) is -0.197. The molecule has 0 saturated carbocycles. The highest BCUT2D eigenvalue weighted by Gasteiger charge is 2.45. The third-order valence-corrected chi connectivity index (χ3v) is 12.6. The second-order valence-corrected chi connectivity index (χ2v) is 15.8. The van der Waals surface area contributed by atoms with Crippen LogP contribution in [0, 0.1) is 11.7 Å². The monoisotopic (exact) mass is 771 g/mol. The normalized spacial score (nSPS) is 22.9. The molecule has 5 aliphatic heterocycles. The number of carbonyl (C=O) groups is 4. The van der Waals surface area contributed by atoms with E-state index in [4.69, 9.17) is 9.47 Å². The number of fused-ring (bicyclic) bond motifs is 2. The van der Waals surface area contributed by atoms with Crippen molar-refractivity contribution in [2.75, 3.05) is 69.3 Å². The first-order valence-electron chi connectivity index (χ1n) is 20.0. The van der Waals surface area contributed by atoms with Gasteiger partial charge >= 0.3 is 0 Å². The van der Waals surface area contributed by atoms with Crippen molar-refractivity contribution >= 4 is 35.0 Å². The van der Waals surface area contributed by atoms with Gasteiger partial charge in [-0.3, -0.25) is 34.3 Å². The zero-order valence-corrected chi connectivity index (χ0v) is 32.0. The summed E-state index contributed by atoms with van der Waals surface area (Å²) in [5.41, 5.74) is 5.24. The number of carbonyl (C=O) groups excluding carboxylic acids is 4. The van der Waals surface area contributed by atoms with Gasteiger partial charge in [-0.25, -0.2) is 4.39 Å². The number of hydrogen-bond acceptors (Lipinski definition) is 9. The number of ether oxygens (including phenoxy) is 2. The number of imide groups is 2. The van der Waals surface area contributed by atoms with Crippen molar-refractivity contribution in [2.45, 2.75) is 43.6 Å². The molecule has 2 unspecified atom stereocenters. The van der Waals surface area contributed by atoms with Gasteiger partial charge in [-0.05, 0) is 72.7 Å². The first-order chi connectivity index (χ1) is 27.7. The predicted octanol–water partition coefficient (Wildman–Crippen LogP) is 5.58. The number of hydrogen-bond donors (Lipinski definition) is 1. The molecule has 5 heterocycles. The van der Waals surface area contributed by atoms with Crippen LogP contribution in [0.15, 0.2) is 84.9 Å². The van der Waals surface area contributed by atoms with Crippen molar-refractivity contribution in [1.29, 1.82) is 0 Å². The van der Waals surface area contributed by atoms with Gasteiger partial charge in [0.25, 0.3) is 11.8 Å². The van der Waals surface area contributed by atoms with E-state index < -0.39 is 29.7 Å². The predicted molar refractivity (Wildman–Crippen MR) is 213 cm³/mol. The van der Waals surface area contributed by atoms with E-state index in [1.54, 1.807) is 25.3 Å². The SMILES string of the molecule is COc1ccc2c(c1)OCC(c1ccccc1)[C@@H]2c1ccc(N2CCC(CN3CCN(c4ccc5c(c4)C(=O)N(C4CCC(=O)NC4=O)C5=O)CC3)CC2)c(F)c1. The lowest BCUT2D eigenvalue weighted by Crippen LogP contribution is -2.54. The lowest BCUT2D eigenvalue weighted by Gasteiger charge is -2.40. The molecule has 3 fully saturated rings. The minimum atomic E-state index is -0.978. The van der Waals surface area contributed by atoms with E-state index in [0.29, 0.717) is 23.8 Å². The molecular formula is C45H46FN5O6. The smallest absolute Gasteiger partial charge is 0.262 e. The van der Waals surface area contributed by atoms with Crippen molar-refractivity contribution < 1.29 is 33.0 Å². The van der Waals surface area contributed by atoms with E-state index in [-0.39, 0.29) is 36.1 Å². The van der Waals surface area contributed by atoms with E-state index in [1.807, 2.05) is 48.5 Å². The molecule has 1 N–H and O–H groups in total. The molecule has 57 heavy (non-hydrogen) atoms. The molecule has 3 atom stereocenters. The minimum absolute atomic E-state index is 0.0380. The molecule has 0 aliphatic carbocycles. The molecule has 9 rings (SSSR count). The quantitative estimate of drug-likeness (QED) is 0.230. The second-order valence-electron chi connectivity index (χ2n) is 15.8. The summed E-state index contributed by atoms with van der Waals surface area (Å²) in [6.07, 6.45) is 2.19. The highest BCUT2D eigenvalue weighted by molar-refractivity contribution is 6.23. The molecule has 11 nitrogen and oxygen atoms in total. The average molecular weight is 772 g/mol. The Kier molecular flexibility index (Phi) is 9.90. The van der Waals surface area contributed by atoms with Crippen molar-refractivity contribution in [3.8, 4) is 11.5 Å². The van der Waals surface area contributed by atoms with Gasteiger partial charge < -0.3 is 19.3 Å². The Morgan fingerprint density at radius 2 is 1.54 bits per heavy atom. The van der Waals surface area contributed by atoms with Crippen molar-refractivity contribution in [3.63, 3.8) is 0 Å². The van der Waals surface area contributed by atoms with Crippen molar-refractivity contribution in [3.05, 3.63) is 119 Å². The summed E-state index contributed by atoms with van der Waals surface area (Å²) in [5, 5.41) is 2.24. The number of piperazine rings is 1. The lowest BCUT2D eigenvalue weighted by molar-refractivity contribution is -0.136. The van der Waals surface area contributed by atoms with Crippen LogP contribution >= 0.6 is 0 Å². The number of anilines is 2. The summed E-state index contributed by atoms with van der Waals surface area (Å²) in [6.45, 7) is 6.37. The summed E-state index contributed by atoms with van der Waals surface area (Å²) >= 11 is 0. The van der Waals surface area contributed by atoms with Gasteiger partial charge in [-0.15, -0.1) is 0 Å². The fraction of sp³-hybridized carbons (Fsp3) is 0.378. The topological polar surface area (TPSA) is 112 Å². The Bertz CT molecular complexity index is 2220. The van der Waals surface area contributed by atoms with E-state index in [0.717, 1.165) is 97.4 Å². The second kappa shape index (κ2) is 15.3. The van der Waals surface area contributed by atoms with Gasteiger partial charge in [0.15, 0.2) is 0 Å². The van der Waals surface area contributed by atoms with Crippen LogP contribution in [0.4, 0.5) is 15.8 Å². The number of nitrogens with zero attached hydrogens (tertiary/aromatic N) is 4. The summed E-state index contributed by atoms with van der Waals surface area (Å²) < 4.78 is 27.8. The molecular weight excluding hydrogens is 726 g/mol. The molecule has 12 heteroatoms. The van der Waals surface area contributed by atoms with Gasteiger partial charge in [-0.2, -0.15) is 0 Å². The van der Waals surface area contributed by atoms with E-state index >= 15 is 4.39 Å². The number of piperidine rings is 2. The highest BCUT2D eigenvalue weighted by Crippen LogP contribution is 2.47. The molecule has 4 amide bonds. The molecule has 4 aromatic carbocycles. The van der Waals surface area contributed by atoms with Crippen LogP contribution in [0.1, 0.15) is 74.9 Å². The molecule has 4 aromatic rings. The van der Waals surface area contributed by atoms with Crippen molar-refractivity contribution in [2.24, 2.45) is 5.92 Å². The van der Waals surface area contributed by atoms with Crippen LogP contribution < -0.4 is 24.6 Å². The summed E-state index contributed by atoms with van der Waals surface area (Å²) in [7, 11) is 1.64. The Morgan fingerprint density at radius 1 is 0.772 bits per heavy atom. The minimum Gasteiger partial charge on any atom is -0.497 e. The molecule has 3 saturated heterocycles. The molecule has 0 aromatic heterocycles. The van der Waals surface area contributed by atoms with Crippen LogP contribution in [0.5, 0.6) is 11.5 Å². The number of methoxy groups -OCH3 is 1. The van der Waals surface area contributed by atoms with E-state index in [1.165, 1.54) is 0 Å². The van der Waals surface area contributed by atoms with Gasteiger partial charge in [0, 0.05) is 81.4 Å². The third kappa shape index (κ3) is 7.00. The molecule has 0 radical (unpaired) electrons. The molecule has 0 bridgehead atoms. The van der Waals surface area contributed by atoms with Crippen LogP contribution in [-0.2, 0) is 9.59 Å². The first kappa shape index (κ1) is 36.9. The molecule has 0 spiro atoms. The van der Waals surface area contributed by atoms with E-state index in [9.17, 15) is 19.2 Å². The standard InChI is InChI=1S/C45H46FN5O6/c1-56-32-9-11-34-40(25-32)57-27-36(29-5-3-2-4-6-29)42(34)30-7-12-38(37(46)23-30)50-17-15-28(16-18-50)26-48-19-21-49(22-20-48)31-8-10-33-35(24-31)45(55)51(44(33)54)39-13-14-41(52)47-43(39)53/h2-12,23-25,28,36,39,42H,13-22,26-27H2,1H3,(H,47,52,53)/t36?,39?,42-/m1/s1. The van der Waals surface area contributed by atoms with Crippen LogP contribution in [0.3, 0.4) is 0 Å². The first-order valence-corrected chi connectivity index (χ1v) is 20.0. The Morgan fingerprint density at radius 3 is 2.28 bits per heavy atom. The summed E-state index contributed by atoms with van der Waals surface area (Å²) in [4.78, 5) is 58.5. The largest absolute Gasteiger partial charge is 0.497 e. The Balaban J connectivity index is 0.805. The maximum Gasteiger partial charge on any atom is 0.262 e. The van der Waals surface area contributed by atoms with Crippen molar-refractivity contribution in [1.82, 2.24) is 15.1 Å². The Hall–Kier alpha value is -5.75. The lowest BCUT2D eigenvalue weighted by atomic mass is 9.76.